The van der Waals surface area contributed by atoms with Crippen LogP contribution in [0.4, 0.5) is 14.5 Å². The van der Waals surface area contributed by atoms with Crippen molar-refractivity contribution in [3.63, 3.8) is 0 Å². The van der Waals surface area contributed by atoms with Crippen LogP contribution in [0.15, 0.2) is 60.3 Å². The standard InChI is InChI=1S/C21H22F2N2O/c1-21(17-10-7-11-18(22)19(17)23)14-25(16-8-5-4-6-9-16)13-15(20(21)26)12-24(2)3/h4-12H,13-14H2,1-3H3/b15-12+. The van der Waals surface area contributed by atoms with Gasteiger partial charge in [-0.05, 0) is 25.1 Å². The van der Waals surface area contributed by atoms with E-state index in [4.69, 9.17) is 0 Å². The van der Waals surface area contributed by atoms with E-state index in [1.807, 2.05) is 49.3 Å². The molecule has 0 aliphatic carbocycles. The van der Waals surface area contributed by atoms with E-state index in [0.717, 1.165) is 11.8 Å². The van der Waals surface area contributed by atoms with Gasteiger partial charge >= 0.3 is 0 Å². The maximum atomic E-state index is 14.5. The van der Waals surface area contributed by atoms with Crippen molar-refractivity contribution in [3.05, 3.63) is 77.5 Å². The van der Waals surface area contributed by atoms with Gasteiger partial charge in [0.2, 0.25) is 0 Å². The number of benzene rings is 2. The second kappa shape index (κ2) is 6.90. The van der Waals surface area contributed by atoms with Crippen LogP contribution in [0.5, 0.6) is 0 Å². The van der Waals surface area contributed by atoms with Crippen molar-refractivity contribution in [2.75, 3.05) is 32.1 Å². The van der Waals surface area contributed by atoms with E-state index in [-0.39, 0.29) is 17.9 Å². The predicted octanol–water partition coefficient (Wildman–Crippen LogP) is 3.76. The molecular weight excluding hydrogens is 334 g/mol. The number of carbonyl (C=O) groups is 1. The van der Waals surface area contributed by atoms with Crippen molar-refractivity contribution < 1.29 is 13.6 Å². The van der Waals surface area contributed by atoms with Gasteiger partial charge in [0.15, 0.2) is 17.4 Å². The Morgan fingerprint density at radius 1 is 1.08 bits per heavy atom. The highest BCUT2D eigenvalue weighted by Crippen LogP contribution is 2.37. The summed E-state index contributed by atoms with van der Waals surface area (Å²) in [6.07, 6.45) is 1.76. The Labute approximate surface area is 152 Å². The average molecular weight is 356 g/mol. The summed E-state index contributed by atoms with van der Waals surface area (Å²) < 4.78 is 28.4. The fourth-order valence-corrected chi connectivity index (χ4v) is 3.51. The molecule has 1 atom stereocenters. The number of para-hydroxylation sites is 1. The Kier molecular flexibility index (Phi) is 4.81. The molecule has 0 radical (unpaired) electrons. The van der Waals surface area contributed by atoms with Crippen molar-refractivity contribution in [2.24, 2.45) is 0 Å². The molecule has 1 saturated heterocycles. The van der Waals surface area contributed by atoms with Crippen molar-refractivity contribution in [1.29, 1.82) is 0 Å². The fourth-order valence-electron chi connectivity index (χ4n) is 3.51. The molecule has 0 spiro atoms. The molecule has 1 heterocycles. The van der Waals surface area contributed by atoms with E-state index < -0.39 is 17.0 Å². The third-order valence-corrected chi connectivity index (χ3v) is 4.74. The Morgan fingerprint density at radius 3 is 2.42 bits per heavy atom. The first kappa shape index (κ1) is 18.1. The zero-order chi connectivity index (χ0) is 18.9. The van der Waals surface area contributed by atoms with Crippen molar-refractivity contribution in [2.45, 2.75) is 12.3 Å². The van der Waals surface area contributed by atoms with Crippen LogP contribution >= 0.6 is 0 Å². The molecule has 1 aliphatic heterocycles. The van der Waals surface area contributed by atoms with E-state index in [2.05, 4.69) is 0 Å². The quantitative estimate of drug-likeness (QED) is 0.783. The summed E-state index contributed by atoms with van der Waals surface area (Å²) in [5, 5.41) is 0. The molecule has 0 aromatic heterocycles. The van der Waals surface area contributed by atoms with E-state index >= 15 is 0 Å². The normalized spacial score (nSPS) is 22.0. The zero-order valence-electron chi connectivity index (χ0n) is 15.2. The van der Waals surface area contributed by atoms with Crippen LogP contribution in [0.25, 0.3) is 0 Å². The van der Waals surface area contributed by atoms with E-state index in [1.54, 1.807) is 18.0 Å². The predicted molar refractivity (Wildman–Crippen MR) is 99.1 cm³/mol. The van der Waals surface area contributed by atoms with Crippen LogP contribution in [0, 0.1) is 11.6 Å². The maximum absolute atomic E-state index is 14.5. The van der Waals surface area contributed by atoms with Crippen molar-refractivity contribution in [3.8, 4) is 0 Å². The minimum absolute atomic E-state index is 0.0905. The smallest absolute Gasteiger partial charge is 0.174 e. The van der Waals surface area contributed by atoms with Crippen molar-refractivity contribution in [1.82, 2.24) is 4.90 Å². The molecule has 5 heteroatoms. The Bertz CT molecular complexity index is 848. The molecule has 2 aromatic rings. The summed E-state index contributed by atoms with van der Waals surface area (Å²) in [5.74, 6) is -2.07. The molecule has 3 nitrogen and oxygen atoms in total. The van der Waals surface area contributed by atoms with Gasteiger partial charge in [0, 0.05) is 50.2 Å². The molecule has 136 valence electrons. The molecule has 0 saturated carbocycles. The highest BCUT2D eigenvalue weighted by atomic mass is 19.2. The van der Waals surface area contributed by atoms with Crippen LogP contribution in [0.3, 0.4) is 0 Å². The van der Waals surface area contributed by atoms with Crippen LogP contribution in [0.1, 0.15) is 12.5 Å². The Morgan fingerprint density at radius 2 is 1.77 bits per heavy atom. The number of hydrogen-bond acceptors (Lipinski definition) is 3. The largest absolute Gasteiger partial charge is 0.383 e. The maximum Gasteiger partial charge on any atom is 0.174 e. The molecule has 26 heavy (non-hydrogen) atoms. The van der Waals surface area contributed by atoms with Crippen molar-refractivity contribution >= 4 is 11.5 Å². The van der Waals surface area contributed by atoms with Gasteiger partial charge in [-0.2, -0.15) is 0 Å². The molecule has 0 N–H and O–H groups in total. The molecule has 1 aliphatic rings. The van der Waals surface area contributed by atoms with Gasteiger partial charge < -0.3 is 9.80 Å². The summed E-state index contributed by atoms with van der Waals surface area (Å²) in [6.45, 7) is 2.39. The average Bonchev–Trinajstić information content (AvgIpc) is 2.61. The second-order valence-corrected chi connectivity index (χ2v) is 7.07. The first-order valence-corrected chi connectivity index (χ1v) is 8.49. The van der Waals surface area contributed by atoms with Gasteiger partial charge in [0.05, 0.1) is 5.41 Å². The first-order valence-electron chi connectivity index (χ1n) is 8.49. The number of rotatable bonds is 3. The minimum atomic E-state index is -1.18. The van der Waals surface area contributed by atoms with Crippen LogP contribution in [-0.2, 0) is 10.2 Å². The van der Waals surface area contributed by atoms with Gasteiger partial charge in [0.25, 0.3) is 0 Å². The lowest BCUT2D eigenvalue weighted by molar-refractivity contribution is -0.121. The van der Waals surface area contributed by atoms with Crippen LogP contribution in [0.2, 0.25) is 0 Å². The number of hydrogen-bond donors (Lipinski definition) is 0. The number of halogens is 2. The number of anilines is 1. The van der Waals surface area contributed by atoms with Gasteiger partial charge in [-0.15, -0.1) is 0 Å². The molecule has 3 rings (SSSR count). The molecule has 1 fully saturated rings. The summed E-state index contributed by atoms with van der Waals surface area (Å²) in [5.41, 5.74) is 0.416. The number of nitrogens with zero attached hydrogens (tertiary/aromatic N) is 2. The summed E-state index contributed by atoms with van der Waals surface area (Å²) in [7, 11) is 3.67. The van der Waals surface area contributed by atoms with E-state index in [9.17, 15) is 13.6 Å². The fraction of sp³-hybridized carbons (Fsp3) is 0.286. The van der Waals surface area contributed by atoms with Gasteiger partial charge in [0.1, 0.15) is 0 Å². The number of ketones is 1. The highest BCUT2D eigenvalue weighted by molar-refractivity contribution is 6.05. The monoisotopic (exact) mass is 356 g/mol. The van der Waals surface area contributed by atoms with Gasteiger partial charge in [-0.1, -0.05) is 30.3 Å². The van der Waals surface area contributed by atoms with Crippen LogP contribution < -0.4 is 4.90 Å². The number of Topliss-reactive ketones (excluding diaryl/α,β-unsaturated/α-hetero) is 1. The summed E-state index contributed by atoms with van der Waals surface area (Å²) >= 11 is 0. The summed E-state index contributed by atoms with van der Waals surface area (Å²) in [4.78, 5) is 17.0. The third-order valence-electron chi connectivity index (χ3n) is 4.74. The van der Waals surface area contributed by atoms with E-state index in [0.29, 0.717) is 12.1 Å². The lowest BCUT2D eigenvalue weighted by Crippen LogP contribution is -2.52. The lowest BCUT2D eigenvalue weighted by atomic mass is 9.72. The van der Waals surface area contributed by atoms with Crippen LogP contribution in [-0.4, -0.2) is 37.9 Å². The van der Waals surface area contributed by atoms with Gasteiger partial charge in [-0.3, -0.25) is 4.79 Å². The molecule has 1 unspecified atom stereocenters. The lowest BCUT2D eigenvalue weighted by Gasteiger charge is -2.42. The number of carbonyl (C=O) groups excluding carboxylic acids is 1. The third kappa shape index (κ3) is 3.21. The first-order chi connectivity index (χ1) is 12.3. The SMILES string of the molecule is CN(C)/C=C1\CN(c2ccccc2)CC(C)(c2cccc(F)c2F)C1=O. The number of piperidine rings is 1. The molecule has 0 bridgehead atoms. The zero-order valence-corrected chi connectivity index (χ0v) is 15.2. The highest BCUT2D eigenvalue weighted by Gasteiger charge is 2.45. The van der Waals surface area contributed by atoms with Gasteiger partial charge in [-0.25, -0.2) is 8.78 Å². The summed E-state index contributed by atoms with van der Waals surface area (Å²) in [6, 6.07) is 13.7. The molecule has 2 aromatic carbocycles. The van der Waals surface area contributed by atoms with E-state index in [1.165, 1.54) is 12.1 Å². The molecule has 0 amide bonds. The Balaban J connectivity index is 2.13. The second-order valence-electron chi connectivity index (χ2n) is 7.07. The minimum Gasteiger partial charge on any atom is -0.383 e. The molecular formula is C21H22F2N2O. The topological polar surface area (TPSA) is 23.6 Å². The Hall–Kier alpha value is -2.69.